The van der Waals surface area contributed by atoms with Crippen LogP contribution in [0.3, 0.4) is 0 Å². The minimum absolute atomic E-state index is 0.0443. The number of carbonyl (C=O) groups excluding carboxylic acids is 2. The van der Waals surface area contributed by atoms with Crippen LogP contribution in [0, 0.1) is 17.7 Å². The number of aliphatic hydroxyl groups is 5. The van der Waals surface area contributed by atoms with Gasteiger partial charge in [-0.05, 0) is 63.0 Å². The fourth-order valence-electron chi connectivity index (χ4n) is 5.58. The Balaban J connectivity index is 1.07. The molecule has 248 valence electrons. The molecule has 4 atom stereocenters. The third-order valence-electron chi connectivity index (χ3n) is 8.97. The number of ether oxygens (including phenoxy) is 2. The van der Waals surface area contributed by atoms with Crippen molar-refractivity contribution in [3.63, 3.8) is 0 Å². The highest BCUT2D eigenvalue weighted by Gasteiger charge is 2.43. The van der Waals surface area contributed by atoms with Crippen molar-refractivity contribution >= 4 is 12.0 Å². The van der Waals surface area contributed by atoms with Crippen molar-refractivity contribution in [3.05, 3.63) is 29.6 Å². The molecular formula is C31H48FN3O9. The van der Waals surface area contributed by atoms with Crippen molar-refractivity contribution < 1.29 is 49.0 Å². The van der Waals surface area contributed by atoms with E-state index >= 15 is 0 Å². The maximum absolute atomic E-state index is 14.7. The van der Waals surface area contributed by atoms with E-state index in [-0.39, 0.29) is 36.5 Å². The second-order valence-corrected chi connectivity index (χ2v) is 12.8. The van der Waals surface area contributed by atoms with Gasteiger partial charge in [-0.3, -0.25) is 4.79 Å². The molecule has 6 N–H and O–H groups in total. The predicted molar refractivity (Wildman–Crippen MR) is 157 cm³/mol. The molecule has 2 saturated heterocycles. The molecule has 13 heteroatoms. The van der Waals surface area contributed by atoms with Crippen LogP contribution in [0.15, 0.2) is 18.2 Å². The smallest absolute Gasteiger partial charge is 0.410 e. The Hall–Kier alpha value is -2.55. The molecule has 44 heavy (non-hydrogen) atoms. The van der Waals surface area contributed by atoms with Gasteiger partial charge in [-0.25, -0.2) is 9.18 Å². The van der Waals surface area contributed by atoms with Crippen LogP contribution >= 0.6 is 0 Å². The van der Waals surface area contributed by atoms with E-state index in [1.165, 1.54) is 6.07 Å². The zero-order chi connectivity index (χ0) is 31.9. The quantitative estimate of drug-likeness (QED) is 0.141. The summed E-state index contributed by atoms with van der Waals surface area (Å²) in [6, 6.07) is 4.56. The number of likely N-dealkylation sites (tertiary alicyclic amines) is 2. The third-order valence-corrected chi connectivity index (χ3v) is 8.97. The van der Waals surface area contributed by atoms with Crippen LogP contribution < -0.4 is 10.1 Å². The van der Waals surface area contributed by atoms with E-state index in [4.69, 9.17) is 14.6 Å². The van der Waals surface area contributed by atoms with Gasteiger partial charge in [0.1, 0.15) is 35.5 Å². The summed E-state index contributed by atoms with van der Waals surface area (Å²) in [4.78, 5) is 28.3. The first kappa shape index (κ1) is 34.3. The number of benzene rings is 1. The Kier molecular flexibility index (Phi) is 12.2. The van der Waals surface area contributed by atoms with Gasteiger partial charge in [-0.15, -0.1) is 0 Å². The second kappa shape index (κ2) is 15.6. The van der Waals surface area contributed by atoms with Crippen molar-refractivity contribution in [1.82, 2.24) is 15.1 Å². The highest BCUT2D eigenvalue weighted by Crippen LogP contribution is 2.39. The van der Waals surface area contributed by atoms with E-state index in [1.54, 1.807) is 21.9 Å². The highest BCUT2D eigenvalue weighted by molar-refractivity contribution is 5.79. The second-order valence-electron chi connectivity index (χ2n) is 12.8. The van der Waals surface area contributed by atoms with Crippen molar-refractivity contribution in [2.45, 2.75) is 81.9 Å². The van der Waals surface area contributed by atoms with Crippen LogP contribution in [0.1, 0.15) is 51.0 Å². The first-order valence-corrected chi connectivity index (χ1v) is 15.7. The molecule has 4 rings (SSSR count). The van der Waals surface area contributed by atoms with Gasteiger partial charge >= 0.3 is 6.09 Å². The minimum Gasteiger partial charge on any atom is -0.493 e. The van der Waals surface area contributed by atoms with Crippen LogP contribution in [0.4, 0.5) is 9.18 Å². The molecule has 0 bridgehead atoms. The van der Waals surface area contributed by atoms with Crippen LogP contribution in [-0.4, -0.2) is 130 Å². The maximum Gasteiger partial charge on any atom is 0.410 e. The fourth-order valence-corrected chi connectivity index (χ4v) is 5.58. The summed E-state index contributed by atoms with van der Waals surface area (Å²) in [6.07, 6.45) is -0.910. The lowest BCUT2D eigenvalue weighted by atomic mass is 9.92. The average Bonchev–Trinajstić information content (AvgIpc) is 3.72. The summed E-state index contributed by atoms with van der Waals surface area (Å²) in [5.41, 5.74) is 0.0447. The molecule has 4 unspecified atom stereocenters. The van der Waals surface area contributed by atoms with Gasteiger partial charge < -0.3 is 50.1 Å². The molecule has 1 aliphatic carbocycles. The van der Waals surface area contributed by atoms with Gasteiger partial charge in [0, 0.05) is 51.3 Å². The van der Waals surface area contributed by atoms with E-state index in [9.17, 15) is 34.4 Å². The van der Waals surface area contributed by atoms with Crippen LogP contribution in [0.2, 0.25) is 0 Å². The molecule has 0 spiro atoms. The average molecular weight is 626 g/mol. The topological polar surface area (TPSA) is 172 Å². The SMILES string of the molecule is CC1(OC(=O)N2CCC(CCCOc3ccc(CC(=O)N4CC(CNCC(O)C(O)C(O)C(O)CO)C4)c(F)c3)CC2)CC1. The number of aliphatic hydroxyl groups excluding tert-OH is 5. The number of halogens is 1. The number of rotatable bonds is 16. The Labute approximate surface area is 257 Å². The van der Waals surface area contributed by atoms with Crippen molar-refractivity contribution in [3.8, 4) is 5.75 Å². The van der Waals surface area contributed by atoms with E-state index in [0.717, 1.165) is 38.5 Å². The molecule has 1 aromatic rings. The zero-order valence-electron chi connectivity index (χ0n) is 25.4. The molecule has 2 aliphatic heterocycles. The van der Waals surface area contributed by atoms with Gasteiger partial charge in [0.2, 0.25) is 5.91 Å². The van der Waals surface area contributed by atoms with Crippen molar-refractivity contribution in [1.29, 1.82) is 0 Å². The van der Waals surface area contributed by atoms with Gasteiger partial charge in [-0.2, -0.15) is 0 Å². The van der Waals surface area contributed by atoms with E-state index in [0.29, 0.717) is 56.6 Å². The largest absolute Gasteiger partial charge is 0.493 e. The first-order valence-electron chi connectivity index (χ1n) is 15.7. The number of nitrogens with one attached hydrogen (secondary N) is 1. The van der Waals surface area contributed by atoms with Gasteiger partial charge in [-0.1, -0.05) is 6.07 Å². The Morgan fingerprint density at radius 2 is 1.73 bits per heavy atom. The minimum atomic E-state index is -1.68. The summed E-state index contributed by atoms with van der Waals surface area (Å²) in [7, 11) is 0. The maximum atomic E-state index is 14.7. The van der Waals surface area contributed by atoms with Gasteiger partial charge in [0.15, 0.2) is 0 Å². The number of piperidine rings is 1. The van der Waals surface area contributed by atoms with Crippen LogP contribution in [0.25, 0.3) is 0 Å². The fraction of sp³-hybridized carbons (Fsp3) is 0.742. The Morgan fingerprint density at radius 1 is 1.05 bits per heavy atom. The summed E-state index contributed by atoms with van der Waals surface area (Å²) >= 11 is 0. The Morgan fingerprint density at radius 3 is 2.36 bits per heavy atom. The molecule has 0 aromatic heterocycles. The van der Waals surface area contributed by atoms with Gasteiger partial charge in [0.05, 0.1) is 25.7 Å². The number of hydrogen-bond acceptors (Lipinski definition) is 10. The van der Waals surface area contributed by atoms with Crippen LogP contribution in [0.5, 0.6) is 5.75 Å². The van der Waals surface area contributed by atoms with E-state index in [1.807, 2.05) is 6.92 Å². The molecule has 12 nitrogen and oxygen atoms in total. The number of amides is 2. The molecular weight excluding hydrogens is 577 g/mol. The van der Waals surface area contributed by atoms with Crippen molar-refractivity contribution in [2.24, 2.45) is 11.8 Å². The number of carbonyl (C=O) groups is 2. The van der Waals surface area contributed by atoms with Crippen molar-refractivity contribution in [2.75, 3.05) is 52.5 Å². The summed E-state index contributed by atoms with van der Waals surface area (Å²) in [6.45, 7) is 4.47. The van der Waals surface area contributed by atoms with E-state index in [2.05, 4.69) is 5.32 Å². The molecule has 0 radical (unpaired) electrons. The molecule has 2 heterocycles. The molecule has 1 aromatic carbocycles. The van der Waals surface area contributed by atoms with Crippen LogP contribution in [-0.2, 0) is 16.0 Å². The lowest BCUT2D eigenvalue weighted by Crippen LogP contribution is -2.55. The standard InChI is InChI=1S/C31H48FN3O9/c1-31(8-9-31)44-30(42)34-10-6-20(7-11-34)3-2-12-43-23-5-4-22(24(32)14-23)13-27(39)35-17-21(18-35)15-33-16-25(37)28(40)29(41)26(38)19-36/h4-5,14,20-21,25-26,28-29,33,36-38,40-41H,2-3,6-13,15-19H2,1H3. The normalized spacial score (nSPS) is 21.2. The van der Waals surface area contributed by atoms with E-state index < -0.39 is 36.8 Å². The molecule has 2 amide bonds. The Bertz CT molecular complexity index is 1090. The number of nitrogens with zero attached hydrogens (tertiary/aromatic N) is 2. The predicted octanol–water partition coefficient (Wildman–Crippen LogP) is 0.412. The monoisotopic (exact) mass is 625 g/mol. The summed E-state index contributed by atoms with van der Waals surface area (Å²) < 4.78 is 26.0. The third kappa shape index (κ3) is 9.72. The number of hydrogen-bond donors (Lipinski definition) is 6. The van der Waals surface area contributed by atoms with Gasteiger partial charge in [0.25, 0.3) is 0 Å². The first-order chi connectivity index (χ1) is 21.0. The molecule has 3 fully saturated rings. The molecule has 3 aliphatic rings. The summed E-state index contributed by atoms with van der Waals surface area (Å²) in [5, 5.41) is 50.7. The zero-order valence-corrected chi connectivity index (χ0v) is 25.4. The highest BCUT2D eigenvalue weighted by atomic mass is 19.1. The lowest BCUT2D eigenvalue weighted by molar-refractivity contribution is -0.136. The molecule has 1 saturated carbocycles. The summed E-state index contributed by atoms with van der Waals surface area (Å²) in [5.74, 6) is 0.385. The lowest BCUT2D eigenvalue weighted by Gasteiger charge is -2.39.